The van der Waals surface area contributed by atoms with Crippen molar-refractivity contribution < 1.29 is 9.47 Å². The number of nitrogens with zero attached hydrogens (tertiary/aromatic N) is 1. The number of ether oxygens (including phenoxy) is 2. The lowest BCUT2D eigenvalue weighted by molar-refractivity contribution is 0.171. The van der Waals surface area contributed by atoms with Crippen LogP contribution in [0, 0.1) is 0 Å². The van der Waals surface area contributed by atoms with Gasteiger partial charge in [0.15, 0.2) is 11.5 Å². The lowest BCUT2D eigenvalue weighted by atomic mass is 10.1. The van der Waals surface area contributed by atoms with Gasteiger partial charge in [-0.3, -0.25) is 0 Å². The summed E-state index contributed by atoms with van der Waals surface area (Å²) < 4.78 is 11.1. The second-order valence-corrected chi connectivity index (χ2v) is 4.58. The lowest BCUT2D eigenvalue weighted by Gasteiger charge is -2.21. The summed E-state index contributed by atoms with van der Waals surface area (Å²) in [6.07, 6.45) is 3.51. The topological polar surface area (TPSA) is 59.2 Å². The van der Waals surface area contributed by atoms with Crippen LogP contribution in [0.4, 0.5) is 0 Å². The maximum atomic E-state index is 5.60. The molecule has 0 saturated heterocycles. The fourth-order valence-corrected chi connectivity index (χ4v) is 2.09. The van der Waals surface area contributed by atoms with Crippen molar-refractivity contribution in [3.8, 4) is 11.5 Å². The summed E-state index contributed by atoms with van der Waals surface area (Å²) in [6.45, 7) is 4.13. The Morgan fingerprint density at radius 1 is 1.32 bits per heavy atom. The van der Waals surface area contributed by atoms with E-state index in [1.807, 2.05) is 18.3 Å². The van der Waals surface area contributed by atoms with E-state index in [0.29, 0.717) is 13.2 Å². The fraction of sp³-hybridized carbons (Fsp3) is 0.357. The number of hydrogen-bond donors (Lipinski definition) is 2. The summed E-state index contributed by atoms with van der Waals surface area (Å²) in [5, 5.41) is 3.44. The molecule has 1 aliphatic rings. The summed E-state index contributed by atoms with van der Waals surface area (Å²) in [5.74, 6) is 1.66. The molecule has 0 amide bonds. The van der Waals surface area contributed by atoms with Gasteiger partial charge in [-0.05, 0) is 24.6 Å². The van der Waals surface area contributed by atoms with E-state index in [2.05, 4.69) is 28.3 Å². The van der Waals surface area contributed by atoms with Crippen molar-refractivity contribution in [2.24, 2.45) is 0 Å². The monoisotopic (exact) mass is 259 g/mol. The smallest absolute Gasteiger partial charge is 0.161 e. The standard InChI is InChI=1S/C14H17N3O2/c1-10(16-8-12-7-15-9-17-12)11-2-3-13-14(6-11)19-5-4-18-13/h2-3,6-7,9-10,16H,4-5,8H2,1H3,(H,15,17). The second-order valence-electron chi connectivity index (χ2n) is 4.58. The predicted molar refractivity (Wildman–Crippen MR) is 71.3 cm³/mol. The van der Waals surface area contributed by atoms with Crippen LogP contribution >= 0.6 is 0 Å². The van der Waals surface area contributed by atoms with E-state index in [1.165, 1.54) is 5.56 Å². The zero-order valence-electron chi connectivity index (χ0n) is 10.8. The van der Waals surface area contributed by atoms with E-state index < -0.39 is 0 Å². The van der Waals surface area contributed by atoms with Gasteiger partial charge in [-0.1, -0.05) is 6.07 Å². The molecule has 2 heterocycles. The highest BCUT2D eigenvalue weighted by atomic mass is 16.6. The van der Waals surface area contributed by atoms with Crippen LogP contribution in [0.25, 0.3) is 0 Å². The molecular weight excluding hydrogens is 242 g/mol. The van der Waals surface area contributed by atoms with Crippen molar-refractivity contribution >= 4 is 0 Å². The van der Waals surface area contributed by atoms with Gasteiger partial charge in [0.2, 0.25) is 0 Å². The van der Waals surface area contributed by atoms with Gasteiger partial charge < -0.3 is 19.8 Å². The van der Waals surface area contributed by atoms with Crippen molar-refractivity contribution in [1.29, 1.82) is 0 Å². The number of benzene rings is 1. The Bertz CT molecular complexity index is 540. The van der Waals surface area contributed by atoms with Gasteiger partial charge in [-0.2, -0.15) is 0 Å². The first kappa shape index (κ1) is 12.0. The summed E-state index contributed by atoms with van der Waals surface area (Å²) in [6, 6.07) is 6.31. The molecule has 1 atom stereocenters. The molecule has 1 aromatic heterocycles. The number of nitrogens with one attached hydrogen (secondary N) is 2. The zero-order chi connectivity index (χ0) is 13.1. The molecule has 0 spiro atoms. The molecule has 0 fully saturated rings. The number of H-pyrrole nitrogens is 1. The van der Waals surface area contributed by atoms with Gasteiger partial charge in [0, 0.05) is 24.5 Å². The molecule has 0 saturated carbocycles. The highest BCUT2D eigenvalue weighted by Crippen LogP contribution is 2.32. The summed E-state index contributed by atoms with van der Waals surface area (Å²) in [7, 11) is 0. The number of fused-ring (bicyclic) bond motifs is 1. The fourth-order valence-electron chi connectivity index (χ4n) is 2.09. The minimum Gasteiger partial charge on any atom is -0.486 e. The van der Waals surface area contributed by atoms with Crippen molar-refractivity contribution in [3.63, 3.8) is 0 Å². The molecule has 3 rings (SSSR count). The van der Waals surface area contributed by atoms with Crippen molar-refractivity contribution in [2.45, 2.75) is 19.5 Å². The van der Waals surface area contributed by atoms with Crippen LogP contribution in [0.5, 0.6) is 11.5 Å². The molecular formula is C14H17N3O2. The number of imidazole rings is 1. The zero-order valence-corrected chi connectivity index (χ0v) is 10.8. The maximum absolute atomic E-state index is 5.60. The molecule has 0 radical (unpaired) electrons. The van der Waals surface area contributed by atoms with E-state index in [4.69, 9.17) is 9.47 Å². The highest BCUT2D eigenvalue weighted by Gasteiger charge is 2.14. The van der Waals surface area contributed by atoms with E-state index >= 15 is 0 Å². The van der Waals surface area contributed by atoms with Crippen LogP contribution in [0.15, 0.2) is 30.7 Å². The molecule has 100 valence electrons. The minimum atomic E-state index is 0.235. The van der Waals surface area contributed by atoms with Gasteiger partial charge >= 0.3 is 0 Å². The van der Waals surface area contributed by atoms with E-state index in [9.17, 15) is 0 Å². The quantitative estimate of drug-likeness (QED) is 0.882. The maximum Gasteiger partial charge on any atom is 0.161 e. The van der Waals surface area contributed by atoms with Crippen molar-refractivity contribution in [1.82, 2.24) is 15.3 Å². The SMILES string of the molecule is CC(NCc1cnc[nH]1)c1ccc2c(c1)OCCO2. The molecule has 0 aliphatic carbocycles. The van der Waals surface area contributed by atoms with Gasteiger partial charge in [0.1, 0.15) is 13.2 Å². The van der Waals surface area contributed by atoms with Crippen LogP contribution in [-0.2, 0) is 6.54 Å². The highest BCUT2D eigenvalue weighted by molar-refractivity contribution is 5.44. The number of aromatic nitrogens is 2. The summed E-state index contributed by atoms with van der Waals surface area (Å²) in [4.78, 5) is 7.07. The normalized spacial score (nSPS) is 15.2. The molecule has 1 aromatic carbocycles. The molecule has 5 heteroatoms. The van der Waals surface area contributed by atoms with E-state index in [1.54, 1.807) is 6.33 Å². The molecule has 1 unspecified atom stereocenters. The van der Waals surface area contributed by atoms with Crippen LogP contribution < -0.4 is 14.8 Å². The Balaban J connectivity index is 1.67. The number of aromatic amines is 1. The first-order chi connectivity index (χ1) is 9.33. The third kappa shape index (κ3) is 2.71. The third-order valence-corrected chi connectivity index (χ3v) is 3.22. The first-order valence-electron chi connectivity index (χ1n) is 6.43. The van der Waals surface area contributed by atoms with E-state index in [0.717, 1.165) is 23.7 Å². The predicted octanol–water partition coefficient (Wildman–Crippen LogP) is 2.03. The number of hydrogen-bond acceptors (Lipinski definition) is 4. The Morgan fingerprint density at radius 2 is 2.16 bits per heavy atom. The average molecular weight is 259 g/mol. The first-order valence-corrected chi connectivity index (χ1v) is 6.43. The Kier molecular flexibility index (Phi) is 3.37. The Morgan fingerprint density at radius 3 is 2.95 bits per heavy atom. The second kappa shape index (κ2) is 5.32. The molecule has 2 N–H and O–H groups in total. The van der Waals surface area contributed by atoms with Gasteiger partial charge in [0.05, 0.1) is 6.33 Å². The van der Waals surface area contributed by atoms with Crippen LogP contribution in [-0.4, -0.2) is 23.2 Å². The molecule has 2 aromatic rings. The van der Waals surface area contributed by atoms with E-state index in [-0.39, 0.29) is 6.04 Å². The molecule has 0 bridgehead atoms. The number of rotatable bonds is 4. The third-order valence-electron chi connectivity index (χ3n) is 3.22. The summed E-state index contributed by atoms with van der Waals surface area (Å²) >= 11 is 0. The van der Waals surface area contributed by atoms with Gasteiger partial charge in [0.25, 0.3) is 0 Å². The van der Waals surface area contributed by atoms with Crippen molar-refractivity contribution in [2.75, 3.05) is 13.2 Å². The Hall–Kier alpha value is -2.01. The van der Waals surface area contributed by atoms with Crippen LogP contribution in [0.2, 0.25) is 0 Å². The largest absolute Gasteiger partial charge is 0.486 e. The van der Waals surface area contributed by atoms with Crippen LogP contribution in [0.3, 0.4) is 0 Å². The lowest BCUT2D eigenvalue weighted by Crippen LogP contribution is -2.19. The minimum absolute atomic E-state index is 0.235. The average Bonchev–Trinajstić information content (AvgIpc) is 2.97. The van der Waals surface area contributed by atoms with Crippen LogP contribution in [0.1, 0.15) is 24.2 Å². The van der Waals surface area contributed by atoms with Crippen molar-refractivity contribution in [3.05, 3.63) is 42.0 Å². The molecule has 1 aliphatic heterocycles. The van der Waals surface area contributed by atoms with Gasteiger partial charge in [-0.15, -0.1) is 0 Å². The van der Waals surface area contributed by atoms with Gasteiger partial charge in [-0.25, -0.2) is 4.98 Å². The molecule has 19 heavy (non-hydrogen) atoms. The molecule has 5 nitrogen and oxygen atoms in total. The summed E-state index contributed by atoms with van der Waals surface area (Å²) in [5.41, 5.74) is 2.26. The Labute approximate surface area is 112 Å².